The zero-order valence-electron chi connectivity index (χ0n) is 22.4. The van der Waals surface area contributed by atoms with Crippen LogP contribution in [0.4, 0.5) is 11.4 Å². The maximum absolute atomic E-state index is 12.1. The van der Waals surface area contributed by atoms with Crippen molar-refractivity contribution in [2.75, 3.05) is 65.4 Å². The maximum Gasteiger partial charge on any atom is 0.419 e. The van der Waals surface area contributed by atoms with E-state index in [-0.39, 0.29) is 12.8 Å². The van der Waals surface area contributed by atoms with Gasteiger partial charge in [-0.25, -0.2) is 9.59 Å². The molecule has 0 radical (unpaired) electrons. The van der Waals surface area contributed by atoms with Crippen LogP contribution in [-0.4, -0.2) is 78.7 Å². The van der Waals surface area contributed by atoms with Gasteiger partial charge in [0.15, 0.2) is 34.1 Å². The van der Waals surface area contributed by atoms with Crippen molar-refractivity contribution in [2.24, 2.45) is 0 Å². The van der Waals surface area contributed by atoms with Crippen molar-refractivity contribution in [1.29, 1.82) is 0 Å². The van der Waals surface area contributed by atoms with Gasteiger partial charge >= 0.3 is 11.9 Å². The van der Waals surface area contributed by atoms with Crippen molar-refractivity contribution < 1.29 is 38.0 Å². The van der Waals surface area contributed by atoms with Crippen molar-refractivity contribution in [2.45, 2.75) is 24.0 Å². The van der Waals surface area contributed by atoms with Gasteiger partial charge in [0.25, 0.3) is 0 Å². The number of anilines is 2. The normalized spacial score (nSPS) is 12.1. The van der Waals surface area contributed by atoms with E-state index in [4.69, 9.17) is 51.6 Å². The minimum atomic E-state index is -1.21. The van der Waals surface area contributed by atoms with Crippen molar-refractivity contribution in [3.05, 3.63) is 36.4 Å². The monoisotopic (exact) mass is 572 g/mol. The van der Waals surface area contributed by atoms with E-state index in [0.717, 1.165) is 11.4 Å². The van der Waals surface area contributed by atoms with Crippen LogP contribution in [0.2, 0.25) is 0 Å². The Morgan fingerprint density at radius 2 is 1.00 bits per heavy atom. The standard InChI is InChI=1S/C26H34Cl2N2O8/c1-29(17-7-9-19(33-3)21(15-17)35-5)13-11-23(27)37-25(31)26(32)38-24(28)12-14-30(2)18-8-10-20(34-4)22(16-18)36-6/h7-10,15-16,23-24H,11-14H2,1-6H3. The molecule has 0 bridgehead atoms. The lowest BCUT2D eigenvalue weighted by Crippen LogP contribution is -2.29. The third kappa shape index (κ3) is 8.95. The van der Waals surface area contributed by atoms with Crippen LogP contribution in [0.25, 0.3) is 0 Å². The lowest BCUT2D eigenvalue weighted by Gasteiger charge is -2.22. The molecule has 0 fully saturated rings. The van der Waals surface area contributed by atoms with Crippen LogP contribution in [-0.2, 0) is 19.1 Å². The third-order valence-electron chi connectivity index (χ3n) is 5.64. The van der Waals surface area contributed by atoms with E-state index in [0.29, 0.717) is 36.1 Å². The Bertz CT molecular complexity index is 988. The first-order valence-corrected chi connectivity index (χ1v) is 12.6. The largest absolute Gasteiger partial charge is 0.493 e. The molecule has 2 unspecified atom stereocenters. The molecule has 0 heterocycles. The van der Waals surface area contributed by atoms with Gasteiger partial charge in [0.05, 0.1) is 28.4 Å². The highest BCUT2D eigenvalue weighted by molar-refractivity contribution is 6.32. The molecule has 0 N–H and O–H groups in total. The number of alkyl halides is 2. The predicted molar refractivity (Wildman–Crippen MR) is 146 cm³/mol. The highest BCUT2D eigenvalue weighted by Gasteiger charge is 2.24. The summed E-state index contributed by atoms with van der Waals surface area (Å²) < 4.78 is 31.1. The van der Waals surface area contributed by atoms with Gasteiger partial charge in [0, 0.05) is 63.5 Å². The average molecular weight is 573 g/mol. The van der Waals surface area contributed by atoms with E-state index >= 15 is 0 Å². The summed E-state index contributed by atoms with van der Waals surface area (Å²) in [4.78, 5) is 28.0. The highest BCUT2D eigenvalue weighted by atomic mass is 35.5. The molecule has 0 aliphatic rings. The first-order chi connectivity index (χ1) is 18.1. The number of hydrogen-bond acceptors (Lipinski definition) is 10. The summed E-state index contributed by atoms with van der Waals surface area (Å²) in [7, 11) is 9.91. The SMILES string of the molecule is COc1ccc(N(C)CCC(Cl)OC(=O)C(=O)OC(Cl)CCN(C)c2ccc(OC)c(OC)c2)cc1OC. The van der Waals surface area contributed by atoms with Crippen LogP contribution in [0.5, 0.6) is 23.0 Å². The van der Waals surface area contributed by atoms with E-state index in [9.17, 15) is 9.59 Å². The van der Waals surface area contributed by atoms with E-state index in [1.165, 1.54) is 0 Å². The first-order valence-electron chi connectivity index (χ1n) is 11.7. The predicted octanol–water partition coefficient (Wildman–Crippen LogP) is 4.29. The molecule has 0 aliphatic carbocycles. The number of rotatable bonds is 14. The molecule has 0 aromatic heterocycles. The molecule has 0 aliphatic heterocycles. The summed E-state index contributed by atoms with van der Waals surface area (Å²) in [5.74, 6) is -0.0386. The first kappa shape index (κ1) is 31.0. The Hall–Kier alpha value is -3.24. The van der Waals surface area contributed by atoms with Gasteiger partial charge in [0.2, 0.25) is 0 Å². The third-order valence-corrected chi connectivity index (χ3v) is 6.25. The topological polar surface area (TPSA) is 96.0 Å². The Labute approximate surface area is 233 Å². The molecule has 0 spiro atoms. The molecular weight excluding hydrogens is 539 g/mol. The molecule has 2 atom stereocenters. The number of methoxy groups -OCH3 is 4. The molecule has 38 heavy (non-hydrogen) atoms. The molecule has 12 heteroatoms. The maximum atomic E-state index is 12.1. The number of benzene rings is 2. The Morgan fingerprint density at radius 1 is 0.658 bits per heavy atom. The number of halogens is 2. The molecule has 2 rings (SSSR count). The summed E-state index contributed by atoms with van der Waals surface area (Å²) in [6.07, 6.45) is 0.512. The Kier molecular flexibility index (Phi) is 12.4. The van der Waals surface area contributed by atoms with Gasteiger partial charge in [0.1, 0.15) is 0 Å². The van der Waals surface area contributed by atoms with E-state index in [1.807, 2.05) is 48.2 Å². The molecule has 10 nitrogen and oxygen atoms in total. The molecule has 0 saturated carbocycles. The number of esters is 2. The van der Waals surface area contributed by atoms with E-state index in [2.05, 4.69) is 0 Å². The van der Waals surface area contributed by atoms with Crippen LogP contribution >= 0.6 is 23.2 Å². The quantitative estimate of drug-likeness (QED) is 0.185. The fraction of sp³-hybridized carbons (Fsp3) is 0.462. The van der Waals surface area contributed by atoms with Gasteiger partial charge in [-0.2, -0.15) is 0 Å². The van der Waals surface area contributed by atoms with Gasteiger partial charge in [-0.05, 0) is 24.3 Å². The van der Waals surface area contributed by atoms with Gasteiger partial charge in [-0.15, -0.1) is 0 Å². The molecule has 0 amide bonds. The number of ether oxygens (including phenoxy) is 6. The number of carbonyl (C=O) groups excluding carboxylic acids is 2. The lowest BCUT2D eigenvalue weighted by atomic mass is 10.2. The second kappa shape index (κ2) is 15.2. The summed E-state index contributed by atoms with van der Waals surface area (Å²) in [5.41, 5.74) is -0.384. The average Bonchev–Trinajstić information content (AvgIpc) is 2.93. The summed E-state index contributed by atoms with van der Waals surface area (Å²) in [6, 6.07) is 10.9. The summed E-state index contributed by atoms with van der Waals surface area (Å²) in [5, 5.41) is 0. The minimum Gasteiger partial charge on any atom is -0.493 e. The Balaban J connectivity index is 1.77. The molecule has 210 valence electrons. The van der Waals surface area contributed by atoms with Crippen molar-refractivity contribution in [3.63, 3.8) is 0 Å². The van der Waals surface area contributed by atoms with Crippen LogP contribution < -0.4 is 28.7 Å². The number of hydrogen-bond donors (Lipinski definition) is 0. The van der Waals surface area contributed by atoms with Crippen molar-refractivity contribution >= 4 is 46.5 Å². The van der Waals surface area contributed by atoms with Gasteiger partial charge in [-0.3, -0.25) is 0 Å². The van der Waals surface area contributed by atoms with E-state index < -0.39 is 23.1 Å². The highest BCUT2D eigenvalue weighted by Crippen LogP contribution is 2.32. The van der Waals surface area contributed by atoms with Crippen LogP contribution in [0.3, 0.4) is 0 Å². The summed E-state index contributed by atoms with van der Waals surface area (Å²) in [6.45, 7) is 0.874. The van der Waals surface area contributed by atoms with Crippen molar-refractivity contribution in [3.8, 4) is 23.0 Å². The second-order valence-corrected chi connectivity index (χ2v) is 9.10. The molecule has 0 saturated heterocycles. The zero-order valence-corrected chi connectivity index (χ0v) is 23.9. The Morgan fingerprint density at radius 3 is 1.32 bits per heavy atom. The van der Waals surface area contributed by atoms with E-state index in [1.54, 1.807) is 40.6 Å². The van der Waals surface area contributed by atoms with Crippen LogP contribution in [0.1, 0.15) is 12.8 Å². The smallest absolute Gasteiger partial charge is 0.419 e. The van der Waals surface area contributed by atoms with Gasteiger partial charge in [-0.1, -0.05) is 23.2 Å². The second-order valence-electron chi connectivity index (χ2n) is 8.13. The number of nitrogens with zero attached hydrogens (tertiary/aromatic N) is 2. The van der Waals surface area contributed by atoms with Crippen LogP contribution in [0, 0.1) is 0 Å². The fourth-order valence-corrected chi connectivity index (χ4v) is 3.78. The van der Waals surface area contributed by atoms with Crippen molar-refractivity contribution in [1.82, 2.24) is 0 Å². The number of carbonyl (C=O) groups is 2. The van der Waals surface area contributed by atoms with Gasteiger partial charge < -0.3 is 38.2 Å². The molecule has 2 aromatic carbocycles. The minimum absolute atomic E-state index is 0.256. The van der Waals surface area contributed by atoms with Crippen LogP contribution in [0.15, 0.2) is 36.4 Å². The fourth-order valence-electron chi connectivity index (χ4n) is 3.42. The zero-order chi connectivity index (χ0) is 28.2. The molecular formula is C26H34Cl2N2O8. The molecule has 2 aromatic rings. The lowest BCUT2D eigenvalue weighted by molar-refractivity contribution is -0.170. The summed E-state index contributed by atoms with van der Waals surface area (Å²) >= 11 is 12.3.